The van der Waals surface area contributed by atoms with Gasteiger partial charge in [0.2, 0.25) is 0 Å². The van der Waals surface area contributed by atoms with Crippen LogP contribution in [-0.2, 0) is 0 Å². The molecular formula is C10H15FN2. The van der Waals surface area contributed by atoms with E-state index < -0.39 is 5.82 Å². The van der Waals surface area contributed by atoms with Crippen molar-refractivity contribution in [1.29, 1.82) is 0 Å². The van der Waals surface area contributed by atoms with Gasteiger partial charge in [-0.05, 0) is 17.5 Å². The molecule has 1 aromatic carbocycles. The van der Waals surface area contributed by atoms with E-state index >= 15 is 0 Å². The van der Waals surface area contributed by atoms with Crippen LogP contribution in [0.4, 0.5) is 10.1 Å². The first-order valence-corrected chi connectivity index (χ1v) is 4.33. The summed E-state index contributed by atoms with van der Waals surface area (Å²) < 4.78 is 13.0. The summed E-state index contributed by atoms with van der Waals surface area (Å²) in [6, 6.07) is 4.54. The van der Waals surface area contributed by atoms with E-state index in [1.807, 2.05) is 13.8 Å². The Morgan fingerprint density at radius 2 is 1.92 bits per heavy atom. The molecule has 0 aliphatic heterocycles. The Labute approximate surface area is 77.7 Å². The number of hydrogen-bond donors (Lipinski definition) is 2. The fourth-order valence-corrected chi connectivity index (χ4v) is 1.20. The third-order valence-electron chi connectivity index (χ3n) is 2.16. The molecule has 0 amide bonds. The van der Waals surface area contributed by atoms with Crippen molar-refractivity contribution in [2.75, 3.05) is 5.73 Å². The van der Waals surface area contributed by atoms with Crippen LogP contribution < -0.4 is 11.5 Å². The van der Waals surface area contributed by atoms with Gasteiger partial charge in [-0.1, -0.05) is 26.0 Å². The van der Waals surface area contributed by atoms with Gasteiger partial charge in [-0.25, -0.2) is 4.39 Å². The first-order valence-electron chi connectivity index (χ1n) is 4.33. The molecule has 13 heavy (non-hydrogen) atoms. The molecule has 4 N–H and O–H groups in total. The Morgan fingerprint density at radius 1 is 1.31 bits per heavy atom. The Hall–Kier alpha value is -1.09. The predicted octanol–water partition coefficient (Wildman–Crippen LogP) is 2.06. The van der Waals surface area contributed by atoms with Gasteiger partial charge in [0.15, 0.2) is 0 Å². The summed E-state index contributed by atoms with van der Waals surface area (Å²) in [6.45, 7) is 3.96. The average Bonchev–Trinajstić information content (AvgIpc) is 2.08. The van der Waals surface area contributed by atoms with Gasteiger partial charge in [0, 0.05) is 6.04 Å². The minimum absolute atomic E-state index is 0.170. The molecule has 0 heterocycles. The molecule has 0 saturated carbocycles. The second-order valence-corrected chi connectivity index (χ2v) is 3.51. The summed E-state index contributed by atoms with van der Waals surface area (Å²) >= 11 is 0. The molecule has 0 saturated heterocycles. The van der Waals surface area contributed by atoms with E-state index in [9.17, 15) is 4.39 Å². The number of anilines is 1. The van der Waals surface area contributed by atoms with Crippen molar-refractivity contribution in [3.05, 3.63) is 29.6 Å². The standard InChI is InChI=1S/C10H15FN2/c1-6(2)9(12)7-4-3-5-8(11)10(7)13/h3-6,9H,12-13H2,1-2H3. The molecule has 1 rings (SSSR count). The van der Waals surface area contributed by atoms with Gasteiger partial charge in [-0.15, -0.1) is 0 Å². The normalized spacial score (nSPS) is 13.3. The van der Waals surface area contributed by atoms with E-state index in [4.69, 9.17) is 11.5 Å². The average molecular weight is 182 g/mol. The van der Waals surface area contributed by atoms with Crippen LogP contribution in [-0.4, -0.2) is 0 Å². The summed E-state index contributed by atoms with van der Waals surface area (Å²) in [5, 5.41) is 0. The Morgan fingerprint density at radius 3 is 2.46 bits per heavy atom. The molecule has 1 aromatic rings. The molecule has 2 nitrogen and oxygen atoms in total. The minimum atomic E-state index is -0.395. The van der Waals surface area contributed by atoms with Crippen molar-refractivity contribution < 1.29 is 4.39 Å². The second-order valence-electron chi connectivity index (χ2n) is 3.51. The third-order valence-corrected chi connectivity index (χ3v) is 2.16. The summed E-state index contributed by atoms with van der Waals surface area (Å²) in [5.74, 6) is -0.141. The van der Waals surface area contributed by atoms with E-state index in [0.717, 1.165) is 0 Å². The molecule has 0 aliphatic rings. The van der Waals surface area contributed by atoms with Crippen LogP contribution >= 0.6 is 0 Å². The molecule has 1 unspecified atom stereocenters. The fourth-order valence-electron chi connectivity index (χ4n) is 1.20. The Kier molecular flexibility index (Phi) is 2.88. The van der Waals surface area contributed by atoms with Crippen molar-refractivity contribution in [2.45, 2.75) is 19.9 Å². The SMILES string of the molecule is CC(C)C(N)c1cccc(F)c1N. The smallest absolute Gasteiger partial charge is 0.146 e. The van der Waals surface area contributed by atoms with Crippen molar-refractivity contribution in [3.8, 4) is 0 Å². The van der Waals surface area contributed by atoms with Crippen LogP contribution in [0.5, 0.6) is 0 Å². The topological polar surface area (TPSA) is 52.0 Å². The van der Waals surface area contributed by atoms with Crippen molar-refractivity contribution in [2.24, 2.45) is 11.7 Å². The lowest BCUT2D eigenvalue weighted by Crippen LogP contribution is -2.18. The molecule has 0 spiro atoms. The number of para-hydroxylation sites is 1. The first kappa shape index (κ1) is 9.99. The van der Waals surface area contributed by atoms with Crippen LogP contribution in [0.25, 0.3) is 0 Å². The first-order chi connectivity index (χ1) is 6.04. The quantitative estimate of drug-likeness (QED) is 0.688. The number of nitrogens with two attached hydrogens (primary N) is 2. The highest BCUT2D eigenvalue weighted by Gasteiger charge is 2.14. The highest BCUT2D eigenvalue weighted by Crippen LogP contribution is 2.25. The summed E-state index contributed by atoms with van der Waals surface area (Å²) in [5.41, 5.74) is 12.3. The highest BCUT2D eigenvalue weighted by molar-refractivity contribution is 5.49. The van der Waals surface area contributed by atoms with Gasteiger partial charge in [-0.3, -0.25) is 0 Å². The zero-order valence-corrected chi connectivity index (χ0v) is 7.92. The van der Waals surface area contributed by atoms with Crippen LogP contribution in [0.15, 0.2) is 18.2 Å². The van der Waals surface area contributed by atoms with E-state index in [-0.39, 0.29) is 17.6 Å². The number of benzene rings is 1. The number of rotatable bonds is 2. The maximum atomic E-state index is 13.0. The monoisotopic (exact) mass is 182 g/mol. The molecule has 0 aliphatic carbocycles. The molecule has 0 bridgehead atoms. The summed E-state index contributed by atoms with van der Waals surface area (Å²) in [6.07, 6.45) is 0. The lowest BCUT2D eigenvalue weighted by Gasteiger charge is -2.17. The zero-order valence-electron chi connectivity index (χ0n) is 7.92. The van der Waals surface area contributed by atoms with Crippen LogP contribution in [0, 0.1) is 11.7 Å². The van der Waals surface area contributed by atoms with Crippen LogP contribution in [0.3, 0.4) is 0 Å². The van der Waals surface area contributed by atoms with E-state index in [1.54, 1.807) is 12.1 Å². The highest BCUT2D eigenvalue weighted by atomic mass is 19.1. The molecule has 1 atom stereocenters. The summed E-state index contributed by atoms with van der Waals surface area (Å²) in [7, 11) is 0. The van der Waals surface area contributed by atoms with Gasteiger partial charge in [0.25, 0.3) is 0 Å². The maximum Gasteiger partial charge on any atom is 0.146 e. The number of halogens is 1. The van der Waals surface area contributed by atoms with Gasteiger partial charge < -0.3 is 11.5 Å². The molecule has 3 heteroatoms. The van der Waals surface area contributed by atoms with Crippen molar-refractivity contribution >= 4 is 5.69 Å². The van der Waals surface area contributed by atoms with E-state index in [0.29, 0.717) is 5.56 Å². The molecular weight excluding hydrogens is 167 g/mol. The lowest BCUT2D eigenvalue weighted by molar-refractivity contribution is 0.512. The Bertz CT molecular complexity index is 297. The van der Waals surface area contributed by atoms with Gasteiger partial charge in [0.05, 0.1) is 5.69 Å². The molecule has 0 aromatic heterocycles. The minimum Gasteiger partial charge on any atom is -0.396 e. The number of nitrogen functional groups attached to an aromatic ring is 1. The van der Waals surface area contributed by atoms with Gasteiger partial charge >= 0.3 is 0 Å². The zero-order chi connectivity index (χ0) is 10.0. The molecule has 72 valence electrons. The third kappa shape index (κ3) is 1.98. The van der Waals surface area contributed by atoms with Crippen LogP contribution in [0.2, 0.25) is 0 Å². The van der Waals surface area contributed by atoms with Crippen LogP contribution in [0.1, 0.15) is 25.5 Å². The maximum absolute atomic E-state index is 13.0. The fraction of sp³-hybridized carbons (Fsp3) is 0.400. The number of hydrogen-bond acceptors (Lipinski definition) is 2. The molecule has 0 radical (unpaired) electrons. The van der Waals surface area contributed by atoms with Crippen molar-refractivity contribution in [1.82, 2.24) is 0 Å². The lowest BCUT2D eigenvalue weighted by atomic mass is 9.95. The van der Waals surface area contributed by atoms with E-state index in [1.165, 1.54) is 6.07 Å². The van der Waals surface area contributed by atoms with Gasteiger partial charge in [-0.2, -0.15) is 0 Å². The largest absolute Gasteiger partial charge is 0.396 e. The Balaban J connectivity index is 3.07. The van der Waals surface area contributed by atoms with E-state index in [2.05, 4.69) is 0 Å². The van der Waals surface area contributed by atoms with Gasteiger partial charge in [0.1, 0.15) is 5.82 Å². The predicted molar refractivity (Wildman–Crippen MR) is 52.6 cm³/mol. The summed E-state index contributed by atoms with van der Waals surface area (Å²) in [4.78, 5) is 0. The van der Waals surface area contributed by atoms with Crippen molar-refractivity contribution in [3.63, 3.8) is 0 Å². The molecule has 0 fully saturated rings. The second kappa shape index (κ2) is 3.75.